The van der Waals surface area contributed by atoms with E-state index in [1.807, 2.05) is 0 Å². The topological polar surface area (TPSA) is 55.1 Å². The fourth-order valence-corrected chi connectivity index (χ4v) is 1.28. The second-order valence-corrected chi connectivity index (χ2v) is 3.72. The lowest BCUT2D eigenvalue weighted by Crippen LogP contribution is -2.38. The summed E-state index contributed by atoms with van der Waals surface area (Å²) in [4.78, 5) is 11.3. The highest BCUT2D eigenvalue weighted by Gasteiger charge is 2.12. The lowest BCUT2D eigenvalue weighted by molar-refractivity contribution is -0.122. The van der Waals surface area contributed by atoms with Crippen LogP contribution >= 0.6 is 0 Å². The molecule has 1 unspecified atom stereocenters. The molecule has 78 valence electrons. The van der Waals surface area contributed by atoms with Crippen LogP contribution in [0.5, 0.6) is 0 Å². The van der Waals surface area contributed by atoms with Gasteiger partial charge in [-0.15, -0.1) is 0 Å². The summed E-state index contributed by atoms with van der Waals surface area (Å²) in [5.41, 5.74) is 5.32. The molecule has 3 heteroatoms. The summed E-state index contributed by atoms with van der Waals surface area (Å²) < 4.78 is 0. The van der Waals surface area contributed by atoms with Crippen molar-refractivity contribution in [2.45, 2.75) is 46.1 Å². The van der Waals surface area contributed by atoms with E-state index in [2.05, 4.69) is 26.1 Å². The third kappa shape index (κ3) is 5.64. The largest absolute Gasteiger partial charge is 0.353 e. The summed E-state index contributed by atoms with van der Waals surface area (Å²) in [5, 5.41) is 3.01. The van der Waals surface area contributed by atoms with Gasteiger partial charge in [-0.2, -0.15) is 0 Å². The normalized spacial score (nSPS) is 13.0. The van der Waals surface area contributed by atoms with E-state index < -0.39 is 0 Å². The van der Waals surface area contributed by atoms with Crippen LogP contribution in [0.2, 0.25) is 0 Å². The molecular formula is C10H22N2O. The first-order valence-corrected chi connectivity index (χ1v) is 5.11. The minimum Gasteiger partial charge on any atom is -0.353 e. The third-order valence-electron chi connectivity index (χ3n) is 2.20. The Balaban J connectivity index is 3.73. The van der Waals surface area contributed by atoms with Gasteiger partial charge in [0.05, 0.1) is 0 Å². The van der Waals surface area contributed by atoms with Gasteiger partial charge in [0.1, 0.15) is 0 Å². The average Bonchev–Trinajstić information content (AvgIpc) is 2.10. The van der Waals surface area contributed by atoms with Crippen LogP contribution in [-0.4, -0.2) is 18.5 Å². The zero-order chi connectivity index (χ0) is 10.3. The highest BCUT2D eigenvalue weighted by Crippen LogP contribution is 2.05. The van der Waals surface area contributed by atoms with Crippen LogP contribution < -0.4 is 11.1 Å². The predicted octanol–water partition coefficient (Wildman–Crippen LogP) is 1.28. The zero-order valence-corrected chi connectivity index (χ0v) is 8.97. The Morgan fingerprint density at radius 1 is 1.46 bits per heavy atom. The molecular weight excluding hydrogens is 164 g/mol. The molecule has 0 heterocycles. The summed E-state index contributed by atoms with van der Waals surface area (Å²) in [7, 11) is 0. The van der Waals surface area contributed by atoms with E-state index in [0.29, 0.717) is 24.9 Å². The van der Waals surface area contributed by atoms with E-state index in [1.165, 1.54) is 0 Å². The Morgan fingerprint density at radius 2 is 2.08 bits per heavy atom. The van der Waals surface area contributed by atoms with E-state index in [9.17, 15) is 4.79 Å². The van der Waals surface area contributed by atoms with Gasteiger partial charge < -0.3 is 11.1 Å². The van der Waals surface area contributed by atoms with Gasteiger partial charge >= 0.3 is 0 Å². The summed E-state index contributed by atoms with van der Waals surface area (Å²) in [6.45, 7) is 6.93. The van der Waals surface area contributed by atoms with Crippen LogP contribution in [0.15, 0.2) is 0 Å². The van der Waals surface area contributed by atoms with Gasteiger partial charge in [-0.3, -0.25) is 4.79 Å². The highest BCUT2D eigenvalue weighted by molar-refractivity contribution is 5.76. The summed E-state index contributed by atoms with van der Waals surface area (Å²) in [6, 6.07) is 0.310. The van der Waals surface area contributed by atoms with Crippen molar-refractivity contribution in [1.29, 1.82) is 0 Å². The predicted molar refractivity (Wildman–Crippen MR) is 55.3 cm³/mol. The Morgan fingerprint density at radius 3 is 2.46 bits per heavy atom. The van der Waals surface area contributed by atoms with Crippen molar-refractivity contribution in [3.8, 4) is 0 Å². The van der Waals surface area contributed by atoms with Crippen molar-refractivity contribution < 1.29 is 4.79 Å². The van der Waals surface area contributed by atoms with Crippen LogP contribution in [0.1, 0.15) is 40.0 Å². The maximum atomic E-state index is 11.3. The molecule has 0 radical (unpaired) electrons. The first-order chi connectivity index (χ1) is 6.11. The molecule has 0 aliphatic heterocycles. The van der Waals surface area contributed by atoms with Gasteiger partial charge in [0.15, 0.2) is 0 Å². The number of hydrogen-bond acceptors (Lipinski definition) is 2. The number of carbonyl (C=O) groups is 1. The molecule has 0 rings (SSSR count). The van der Waals surface area contributed by atoms with Crippen molar-refractivity contribution >= 4 is 5.91 Å². The van der Waals surface area contributed by atoms with Crippen LogP contribution in [0.25, 0.3) is 0 Å². The number of carbonyl (C=O) groups excluding carboxylic acids is 1. The number of rotatable bonds is 6. The second-order valence-electron chi connectivity index (χ2n) is 3.72. The maximum absolute atomic E-state index is 11.3. The molecule has 0 aliphatic rings. The molecule has 0 aromatic rings. The van der Waals surface area contributed by atoms with E-state index in [0.717, 1.165) is 12.8 Å². The Bertz CT molecular complexity index is 146. The van der Waals surface area contributed by atoms with E-state index in [-0.39, 0.29) is 5.91 Å². The molecule has 0 aromatic carbocycles. The van der Waals surface area contributed by atoms with Crippen molar-refractivity contribution in [3.63, 3.8) is 0 Å². The summed E-state index contributed by atoms with van der Waals surface area (Å²) >= 11 is 0. The highest BCUT2D eigenvalue weighted by atomic mass is 16.1. The molecule has 1 amide bonds. The van der Waals surface area contributed by atoms with Gasteiger partial charge in [-0.1, -0.05) is 20.8 Å². The smallest absolute Gasteiger partial charge is 0.220 e. The molecule has 3 N–H and O–H groups in total. The molecule has 0 aliphatic carbocycles. The molecule has 0 aromatic heterocycles. The van der Waals surface area contributed by atoms with Crippen LogP contribution in [0.4, 0.5) is 0 Å². The monoisotopic (exact) mass is 186 g/mol. The second kappa shape index (κ2) is 6.89. The maximum Gasteiger partial charge on any atom is 0.220 e. The fraction of sp³-hybridized carbons (Fsp3) is 0.900. The molecule has 0 saturated carbocycles. The van der Waals surface area contributed by atoms with Gasteiger partial charge in [0.25, 0.3) is 0 Å². The number of amides is 1. The van der Waals surface area contributed by atoms with E-state index >= 15 is 0 Å². The lowest BCUT2D eigenvalue weighted by Gasteiger charge is -2.20. The number of hydrogen-bond donors (Lipinski definition) is 2. The quantitative estimate of drug-likeness (QED) is 0.656. The minimum absolute atomic E-state index is 0.131. The summed E-state index contributed by atoms with van der Waals surface area (Å²) in [6.07, 6.45) is 2.33. The van der Waals surface area contributed by atoms with Crippen molar-refractivity contribution in [2.75, 3.05) is 6.54 Å². The number of nitrogens with one attached hydrogen (secondary N) is 1. The minimum atomic E-state index is 0.131. The molecule has 0 saturated heterocycles. The van der Waals surface area contributed by atoms with Gasteiger partial charge in [-0.25, -0.2) is 0 Å². The standard InChI is InChI=1S/C10H22N2O/c1-4-9(8(2)3)12-10(13)6-5-7-11/h8-9H,4-7,11H2,1-3H3,(H,12,13). The molecule has 0 spiro atoms. The van der Waals surface area contributed by atoms with Crippen LogP contribution in [-0.2, 0) is 4.79 Å². The van der Waals surface area contributed by atoms with Gasteiger partial charge in [0.2, 0.25) is 5.91 Å². The first-order valence-electron chi connectivity index (χ1n) is 5.11. The Kier molecular flexibility index (Phi) is 6.59. The van der Waals surface area contributed by atoms with Crippen molar-refractivity contribution in [1.82, 2.24) is 5.32 Å². The zero-order valence-electron chi connectivity index (χ0n) is 8.97. The van der Waals surface area contributed by atoms with Gasteiger partial charge in [0, 0.05) is 12.5 Å². The van der Waals surface area contributed by atoms with Crippen LogP contribution in [0, 0.1) is 5.92 Å². The fourth-order valence-electron chi connectivity index (χ4n) is 1.28. The molecule has 0 fully saturated rings. The Hall–Kier alpha value is -0.570. The molecule has 13 heavy (non-hydrogen) atoms. The van der Waals surface area contributed by atoms with Gasteiger partial charge in [-0.05, 0) is 25.3 Å². The van der Waals surface area contributed by atoms with Crippen LogP contribution in [0.3, 0.4) is 0 Å². The van der Waals surface area contributed by atoms with E-state index in [4.69, 9.17) is 5.73 Å². The van der Waals surface area contributed by atoms with Crippen molar-refractivity contribution in [3.05, 3.63) is 0 Å². The number of nitrogens with two attached hydrogens (primary N) is 1. The van der Waals surface area contributed by atoms with Crippen molar-refractivity contribution in [2.24, 2.45) is 11.7 Å². The molecule has 1 atom stereocenters. The molecule has 0 bridgehead atoms. The summed E-state index contributed by atoms with van der Waals surface area (Å²) in [5.74, 6) is 0.637. The molecule has 3 nitrogen and oxygen atoms in total. The van der Waals surface area contributed by atoms with E-state index in [1.54, 1.807) is 0 Å². The SMILES string of the molecule is CCC(NC(=O)CCCN)C(C)C. The third-order valence-corrected chi connectivity index (χ3v) is 2.20. The Labute approximate surface area is 81.1 Å². The average molecular weight is 186 g/mol. The first kappa shape index (κ1) is 12.4. The lowest BCUT2D eigenvalue weighted by atomic mass is 10.0.